The summed E-state index contributed by atoms with van der Waals surface area (Å²) < 4.78 is 45.0. The standard InChI is InChI=1S/C24H26N2O6S/c1-15-10-17-6-5-7-22(24(17)25-14-15)33(28,29)26-9-8-16-11-20(30-2)21(31-3)12-18(16)19(26)13-23(27)32-4/h5-7,10-12,14,19H,8-9,13H2,1-4H3/t19-/m1/s1. The summed E-state index contributed by atoms with van der Waals surface area (Å²) in [4.78, 5) is 16.8. The van der Waals surface area contributed by atoms with E-state index in [9.17, 15) is 13.2 Å². The highest BCUT2D eigenvalue weighted by Crippen LogP contribution is 2.42. The second-order valence-electron chi connectivity index (χ2n) is 7.91. The van der Waals surface area contributed by atoms with Crippen molar-refractivity contribution in [2.24, 2.45) is 0 Å². The maximum Gasteiger partial charge on any atom is 0.307 e. The highest BCUT2D eigenvalue weighted by molar-refractivity contribution is 7.89. The highest BCUT2D eigenvalue weighted by atomic mass is 32.2. The van der Waals surface area contributed by atoms with Gasteiger partial charge < -0.3 is 14.2 Å². The van der Waals surface area contributed by atoms with E-state index in [0.29, 0.717) is 29.0 Å². The average molecular weight is 471 g/mol. The van der Waals surface area contributed by atoms with Crippen LogP contribution in [-0.2, 0) is 26.0 Å². The number of ether oxygens (including phenoxy) is 3. The fraction of sp³-hybridized carbons (Fsp3) is 0.333. The van der Waals surface area contributed by atoms with Crippen LogP contribution in [0.3, 0.4) is 0 Å². The smallest absolute Gasteiger partial charge is 0.307 e. The van der Waals surface area contributed by atoms with Gasteiger partial charge in [0.2, 0.25) is 10.0 Å². The molecule has 0 bridgehead atoms. The molecule has 0 amide bonds. The van der Waals surface area contributed by atoms with E-state index in [1.807, 2.05) is 25.1 Å². The maximum absolute atomic E-state index is 13.9. The fourth-order valence-electron chi connectivity index (χ4n) is 4.32. The van der Waals surface area contributed by atoms with Crippen LogP contribution in [0.25, 0.3) is 10.9 Å². The molecular weight excluding hydrogens is 444 g/mol. The number of aromatic nitrogens is 1. The summed E-state index contributed by atoms with van der Waals surface area (Å²) in [7, 11) is 0.358. The van der Waals surface area contributed by atoms with Crippen LogP contribution >= 0.6 is 0 Å². The molecule has 2 heterocycles. The molecular formula is C24H26N2O6S. The number of hydrogen-bond acceptors (Lipinski definition) is 7. The number of carbonyl (C=O) groups is 1. The van der Waals surface area contributed by atoms with Crippen molar-refractivity contribution in [3.8, 4) is 11.5 Å². The van der Waals surface area contributed by atoms with Gasteiger partial charge in [-0.25, -0.2) is 8.42 Å². The first-order valence-electron chi connectivity index (χ1n) is 10.5. The monoisotopic (exact) mass is 470 g/mol. The lowest BCUT2D eigenvalue weighted by Gasteiger charge is -2.36. The molecule has 9 heteroatoms. The van der Waals surface area contributed by atoms with Crippen molar-refractivity contribution in [1.82, 2.24) is 9.29 Å². The highest BCUT2D eigenvalue weighted by Gasteiger charge is 2.39. The molecule has 0 fully saturated rings. The van der Waals surface area contributed by atoms with Gasteiger partial charge in [0.1, 0.15) is 4.90 Å². The molecule has 174 valence electrons. The lowest BCUT2D eigenvalue weighted by Crippen LogP contribution is -2.41. The third-order valence-electron chi connectivity index (χ3n) is 5.94. The molecule has 0 saturated heterocycles. The number of pyridine rings is 1. The van der Waals surface area contributed by atoms with E-state index in [0.717, 1.165) is 16.5 Å². The van der Waals surface area contributed by atoms with Gasteiger partial charge in [0, 0.05) is 18.1 Å². The predicted molar refractivity (Wildman–Crippen MR) is 123 cm³/mol. The Labute approximate surface area is 193 Å². The summed E-state index contributed by atoms with van der Waals surface area (Å²) in [5, 5.41) is 0.740. The Morgan fingerprint density at radius 3 is 2.55 bits per heavy atom. The van der Waals surface area contributed by atoms with Gasteiger partial charge in [0.15, 0.2) is 11.5 Å². The van der Waals surface area contributed by atoms with E-state index >= 15 is 0 Å². The van der Waals surface area contributed by atoms with Gasteiger partial charge in [-0.1, -0.05) is 12.1 Å². The number of hydrogen-bond donors (Lipinski definition) is 0. The van der Waals surface area contributed by atoms with E-state index < -0.39 is 22.0 Å². The van der Waals surface area contributed by atoms with Crippen molar-refractivity contribution in [3.63, 3.8) is 0 Å². The Balaban J connectivity index is 1.87. The first-order chi connectivity index (χ1) is 15.8. The molecule has 0 unspecified atom stereocenters. The molecule has 1 aliphatic rings. The minimum atomic E-state index is -3.99. The Hall–Kier alpha value is -3.17. The zero-order chi connectivity index (χ0) is 23.8. The number of rotatable bonds is 6. The van der Waals surface area contributed by atoms with Crippen LogP contribution in [0.4, 0.5) is 0 Å². The third-order valence-corrected chi connectivity index (χ3v) is 7.88. The summed E-state index contributed by atoms with van der Waals surface area (Å²) in [6.45, 7) is 2.11. The first kappa shape index (κ1) is 23.0. The largest absolute Gasteiger partial charge is 0.493 e. The van der Waals surface area contributed by atoms with Crippen molar-refractivity contribution in [1.29, 1.82) is 0 Å². The van der Waals surface area contributed by atoms with Gasteiger partial charge in [0.05, 0.1) is 39.3 Å². The van der Waals surface area contributed by atoms with Crippen molar-refractivity contribution >= 4 is 26.9 Å². The summed E-state index contributed by atoms with van der Waals surface area (Å²) in [6.07, 6.45) is 1.98. The number of methoxy groups -OCH3 is 3. The Morgan fingerprint density at radius 1 is 1.12 bits per heavy atom. The van der Waals surface area contributed by atoms with Crippen molar-refractivity contribution < 1.29 is 27.4 Å². The molecule has 0 spiro atoms. The number of aryl methyl sites for hydroxylation is 1. The van der Waals surface area contributed by atoms with Crippen molar-refractivity contribution in [2.75, 3.05) is 27.9 Å². The summed E-state index contributed by atoms with van der Waals surface area (Å²) in [6, 6.07) is 9.82. The van der Waals surface area contributed by atoms with Gasteiger partial charge in [0.25, 0.3) is 0 Å². The molecule has 2 aromatic carbocycles. The number of carbonyl (C=O) groups excluding carboxylic acids is 1. The van der Waals surface area contributed by atoms with Gasteiger partial charge in [-0.05, 0) is 54.3 Å². The Kier molecular flexibility index (Phi) is 6.27. The number of nitrogens with zero attached hydrogens (tertiary/aromatic N) is 2. The van der Waals surface area contributed by atoms with E-state index in [4.69, 9.17) is 14.2 Å². The van der Waals surface area contributed by atoms with Crippen molar-refractivity contribution in [2.45, 2.75) is 30.7 Å². The average Bonchev–Trinajstić information content (AvgIpc) is 2.82. The van der Waals surface area contributed by atoms with Gasteiger partial charge in [-0.3, -0.25) is 9.78 Å². The maximum atomic E-state index is 13.9. The molecule has 0 aliphatic carbocycles. The minimum Gasteiger partial charge on any atom is -0.493 e. The number of esters is 1. The van der Waals surface area contributed by atoms with E-state index in [2.05, 4.69) is 4.98 Å². The molecule has 0 saturated carbocycles. The van der Waals surface area contributed by atoms with Crippen LogP contribution in [-0.4, -0.2) is 51.6 Å². The van der Waals surface area contributed by atoms with Gasteiger partial charge in [-0.2, -0.15) is 4.31 Å². The molecule has 1 aromatic heterocycles. The zero-order valence-corrected chi connectivity index (χ0v) is 19.8. The molecule has 0 radical (unpaired) electrons. The quantitative estimate of drug-likeness (QED) is 0.510. The number of para-hydroxylation sites is 1. The third kappa shape index (κ3) is 4.14. The SMILES string of the molecule is COC(=O)C[C@@H]1c2cc(OC)c(OC)cc2CCN1S(=O)(=O)c1cccc2cc(C)cnc12. The van der Waals surface area contributed by atoms with Crippen LogP contribution in [0.2, 0.25) is 0 Å². The second kappa shape index (κ2) is 8.99. The topological polar surface area (TPSA) is 95.0 Å². The fourth-order valence-corrected chi connectivity index (χ4v) is 6.10. The summed E-state index contributed by atoms with van der Waals surface area (Å²) >= 11 is 0. The zero-order valence-electron chi connectivity index (χ0n) is 19.0. The Morgan fingerprint density at radius 2 is 1.85 bits per heavy atom. The van der Waals surface area contributed by atoms with E-state index in [1.165, 1.54) is 18.5 Å². The normalized spacial score (nSPS) is 16.3. The number of fused-ring (bicyclic) bond motifs is 2. The van der Waals surface area contributed by atoms with Gasteiger partial charge >= 0.3 is 5.97 Å². The molecule has 8 nitrogen and oxygen atoms in total. The van der Waals surface area contributed by atoms with Gasteiger partial charge in [-0.15, -0.1) is 0 Å². The lowest BCUT2D eigenvalue weighted by molar-refractivity contribution is -0.141. The predicted octanol–water partition coefficient (Wildman–Crippen LogP) is 3.41. The first-order valence-corrected chi connectivity index (χ1v) is 11.9. The van der Waals surface area contributed by atoms with Crippen molar-refractivity contribution in [3.05, 3.63) is 59.3 Å². The molecule has 1 aliphatic heterocycles. The summed E-state index contributed by atoms with van der Waals surface area (Å²) in [5.41, 5.74) is 2.93. The van der Waals surface area contributed by atoms with Crippen LogP contribution in [0, 0.1) is 6.92 Å². The molecule has 1 atom stereocenters. The van der Waals surface area contributed by atoms with Crippen LogP contribution < -0.4 is 9.47 Å². The van der Waals surface area contributed by atoms with E-state index in [-0.39, 0.29) is 17.9 Å². The number of sulfonamides is 1. The number of benzene rings is 2. The molecule has 3 aromatic rings. The minimum absolute atomic E-state index is 0.110. The molecule has 4 rings (SSSR count). The lowest BCUT2D eigenvalue weighted by atomic mass is 9.91. The Bertz CT molecular complexity index is 1320. The van der Waals surface area contributed by atoms with Crippen LogP contribution in [0.15, 0.2) is 47.5 Å². The molecule has 0 N–H and O–H groups in total. The van der Waals surface area contributed by atoms with E-state index in [1.54, 1.807) is 31.5 Å². The van der Waals surface area contributed by atoms with Crippen LogP contribution in [0.5, 0.6) is 11.5 Å². The second-order valence-corrected chi connectivity index (χ2v) is 9.77. The summed E-state index contributed by atoms with van der Waals surface area (Å²) in [5.74, 6) is 0.514. The van der Waals surface area contributed by atoms with Crippen LogP contribution in [0.1, 0.15) is 29.2 Å². The molecule has 33 heavy (non-hydrogen) atoms.